The first-order valence-corrected chi connectivity index (χ1v) is 4.75. The Labute approximate surface area is 74.1 Å². The largest absolute Gasteiger partial charge is 0.332 e. The molecule has 1 spiro atoms. The van der Waals surface area contributed by atoms with Gasteiger partial charge in [0.1, 0.15) is 0 Å². The Balaban J connectivity index is 0.000000336. The molecule has 0 radical (unpaired) electrons. The Hall–Kier alpha value is -0.730. The molecule has 2 rings (SSSR count). The molecule has 0 aromatic rings. The van der Waals surface area contributed by atoms with Crippen molar-refractivity contribution in [3.05, 3.63) is 0 Å². The topological polar surface area (TPSA) is 32.3 Å². The summed E-state index contributed by atoms with van der Waals surface area (Å²) in [5, 5.41) is 3.00. The first-order valence-electron chi connectivity index (χ1n) is 4.75. The van der Waals surface area contributed by atoms with E-state index in [1.54, 1.807) is 4.90 Å². The zero-order chi connectivity index (χ0) is 9.19. The molecule has 0 bridgehead atoms. The summed E-state index contributed by atoms with van der Waals surface area (Å²) in [6.07, 6.45) is 3.51. The van der Waals surface area contributed by atoms with Crippen molar-refractivity contribution in [2.75, 3.05) is 13.6 Å². The summed E-state index contributed by atoms with van der Waals surface area (Å²) in [5.74, 6) is 0. The van der Waals surface area contributed by atoms with E-state index in [4.69, 9.17) is 0 Å². The summed E-state index contributed by atoms with van der Waals surface area (Å²) in [6.45, 7) is 4.92. The maximum absolute atomic E-state index is 11.1. The van der Waals surface area contributed by atoms with E-state index in [0.29, 0.717) is 0 Å². The Bertz CT molecular complexity index is 175. The van der Waals surface area contributed by atoms with Crippen LogP contribution in [-0.4, -0.2) is 30.1 Å². The van der Waals surface area contributed by atoms with Gasteiger partial charge in [-0.3, -0.25) is 0 Å². The van der Waals surface area contributed by atoms with E-state index < -0.39 is 0 Å². The maximum Gasteiger partial charge on any atom is 0.317 e. The first-order chi connectivity index (χ1) is 5.72. The number of nitrogens with zero attached hydrogens (tertiary/aromatic N) is 1. The molecule has 1 N–H and O–H groups in total. The molecule has 2 aliphatic rings. The van der Waals surface area contributed by atoms with Crippen LogP contribution in [0.15, 0.2) is 0 Å². The Morgan fingerprint density at radius 3 is 2.33 bits per heavy atom. The Morgan fingerprint density at radius 1 is 1.33 bits per heavy atom. The highest BCUT2D eigenvalue weighted by Crippen LogP contribution is 2.40. The van der Waals surface area contributed by atoms with Crippen molar-refractivity contribution in [3.63, 3.8) is 0 Å². The molecular weight excluding hydrogens is 152 g/mol. The molecule has 1 heterocycles. The zero-order valence-electron chi connectivity index (χ0n) is 8.18. The summed E-state index contributed by atoms with van der Waals surface area (Å²) >= 11 is 0. The first kappa shape index (κ1) is 9.36. The third-order valence-corrected chi connectivity index (χ3v) is 2.50. The second kappa shape index (κ2) is 3.33. The monoisotopic (exact) mass is 170 g/mol. The quantitative estimate of drug-likeness (QED) is 0.588. The molecule has 2 amide bonds. The fraction of sp³-hybridized carbons (Fsp3) is 0.889. The number of hydrogen-bond acceptors (Lipinski definition) is 1. The van der Waals surface area contributed by atoms with E-state index in [-0.39, 0.29) is 11.6 Å². The summed E-state index contributed by atoms with van der Waals surface area (Å²) in [4.78, 5) is 12.8. The Morgan fingerprint density at radius 2 is 1.92 bits per heavy atom. The smallest absolute Gasteiger partial charge is 0.317 e. The molecule has 1 saturated heterocycles. The Kier molecular flexibility index (Phi) is 2.60. The summed E-state index contributed by atoms with van der Waals surface area (Å²) in [6, 6.07) is 0.101. The number of nitrogens with one attached hydrogen (secondary N) is 1. The van der Waals surface area contributed by atoms with Gasteiger partial charge < -0.3 is 10.2 Å². The van der Waals surface area contributed by atoms with Gasteiger partial charge in [0.15, 0.2) is 0 Å². The van der Waals surface area contributed by atoms with Crippen LogP contribution in [0.4, 0.5) is 4.79 Å². The van der Waals surface area contributed by atoms with Gasteiger partial charge >= 0.3 is 6.03 Å². The van der Waals surface area contributed by atoms with Crippen LogP contribution in [0.1, 0.15) is 33.1 Å². The molecule has 0 aromatic carbocycles. The van der Waals surface area contributed by atoms with Gasteiger partial charge in [0.2, 0.25) is 0 Å². The highest BCUT2D eigenvalue weighted by Gasteiger charge is 2.46. The van der Waals surface area contributed by atoms with Gasteiger partial charge in [-0.1, -0.05) is 13.8 Å². The molecule has 12 heavy (non-hydrogen) atoms. The molecule has 3 heteroatoms. The van der Waals surface area contributed by atoms with Crippen LogP contribution in [0.5, 0.6) is 0 Å². The van der Waals surface area contributed by atoms with Crippen molar-refractivity contribution in [1.29, 1.82) is 0 Å². The van der Waals surface area contributed by atoms with E-state index in [9.17, 15) is 4.79 Å². The highest BCUT2D eigenvalue weighted by atomic mass is 16.2. The minimum Gasteiger partial charge on any atom is -0.332 e. The van der Waals surface area contributed by atoms with Gasteiger partial charge in [0.05, 0.1) is 0 Å². The van der Waals surface area contributed by atoms with Crippen molar-refractivity contribution in [2.45, 2.75) is 38.6 Å². The van der Waals surface area contributed by atoms with E-state index >= 15 is 0 Å². The van der Waals surface area contributed by atoms with Crippen LogP contribution >= 0.6 is 0 Å². The third-order valence-electron chi connectivity index (χ3n) is 2.50. The zero-order valence-corrected chi connectivity index (χ0v) is 8.18. The lowest BCUT2D eigenvalue weighted by Gasteiger charge is -2.30. The third kappa shape index (κ3) is 1.71. The molecule has 70 valence electrons. The average molecular weight is 170 g/mol. The SMILES string of the molecule is CC.CN1CCC2(CC2)NC1=O. The van der Waals surface area contributed by atoms with E-state index in [1.165, 1.54) is 12.8 Å². The molecule has 0 aromatic heterocycles. The molecule has 1 aliphatic carbocycles. The minimum absolute atomic E-state index is 0.101. The molecular formula is C9H18N2O. The van der Waals surface area contributed by atoms with E-state index in [2.05, 4.69) is 5.32 Å². The number of urea groups is 1. The van der Waals surface area contributed by atoms with Gasteiger partial charge in [0.25, 0.3) is 0 Å². The molecule has 3 nitrogen and oxygen atoms in total. The van der Waals surface area contributed by atoms with Crippen LogP contribution in [0.25, 0.3) is 0 Å². The molecule has 2 fully saturated rings. The predicted molar refractivity (Wildman–Crippen MR) is 49.1 cm³/mol. The molecule has 1 saturated carbocycles. The highest BCUT2D eigenvalue weighted by molar-refractivity contribution is 5.76. The number of rotatable bonds is 0. The lowest BCUT2D eigenvalue weighted by Crippen LogP contribution is -2.51. The second-order valence-electron chi connectivity index (χ2n) is 3.38. The fourth-order valence-corrected chi connectivity index (χ4v) is 1.39. The summed E-state index contributed by atoms with van der Waals surface area (Å²) in [7, 11) is 1.84. The lowest BCUT2D eigenvalue weighted by atomic mass is 10.1. The summed E-state index contributed by atoms with van der Waals surface area (Å²) < 4.78 is 0. The average Bonchev–Trinajstić information content (AvgIpc) is 2.83. The van der Waals surface area contributed by atoms with Crippen molar-refractivity contribution in [2.24, 2.45) is 0 Å². The van der Waals surface area contributed by atoms with Crippen molar-refractivity contribution in [1.82, 2.24) is 10.2 Å². The number of amides is 2. The van der Waals surface area contributed by atoms with Gasteiger partial charge in [-0.2, -0.15) is 0 Å². The van der Waals surface area contributed by atoms with E-state index in [1.807, 2.05) is 20.9 Å². The van der Waals surface area contributed by atoms with Crippen LogP contribution in [0.2, 0.25) is 0 Å². The van der Waals surface area contributed by atoms with Crippen LogP contribution in [0, 0.1) is 0 Å². The van der Waals surface area contributed by atoms with Crippen molar-refractivity contribution >= 4 is 6.03 Å². The van der Waals surface area contributed by atoms with Gasteiger partial charge in [-0.25, -0.2) is 4.79 Å². The molecule has 0 atom stereocenters. The summed E-state index contributed by atoms with van der Waals surface area (Å²) in [5.41, 5.74) is 0.240. The van der Waals surface area contributed by atoms with Gasteiger partial charge in [0, 0.05) is 19.1 Å². The van der Waals surface area contributed by atoms with E-state index in [0.717, 1.165) is 13.0 Å². The number of carbonyl (C=O) groups excluding carboxylic acids is 1. The van der Waals surface area contributed by atoms with Crippen LogP contribution in [0.3, 0.4) is 0 Å². The number of hydrogen-bond donors (Lipinski definition) is 1. The normalized spacial score (nSPS) is 24.2. The van der Waals surface area contributed by atoms with Crippen molar-refractivity contribution in [3.8, 4) is 0 Å². The number of carbonyl (C=O) groups is 1. The van der Waals surface area contributed by atoms with Gasteiger partial charge in [-0.05, 0) is 19.3 Å². The standard InChI is InChI=1S/C7H12N2O.C2H6/c1-9-5-4-7(2-3-7)8-6(9)10;1-2/h2-5H2,1H3,(H,8,10);1-2H3. The fourth-order valence-electron chi connectivity index (χ4n) is 1.39. The minimum atomic E-state index is 0.101. The maximum atomic E-state index is 11.1. The van der Waals surface area contributed by atoms with Gasteiger partial charge in [-0.15, -0.1) is 0 Å². The van der Waals surface area contributed by atoms with Crippen molar-refractivity contribution < 1.29 is 4.79 Å². The molecule has 0 unspecified atom stereocenters. The van der Waals surface area contributed by atoms with Crippen LogP contribution < -0.4 is 5.32 Å². The van der Waals surface area contributed by atoms with Crippen LogP contribution in [-0.2, 0) is 0 Å². The lowest BCUT2D eigenvalue weighted by molar-refractivity contribution is 0.183. The molecule has 1 aliphatic heterocycles. The second-order valence-corrected chi connectivity index (χ2v) is 3.38. The predicted octanol–water partition coefficient (Wildman–Crippen LogP) is 1.59.